The van der Waals surface area contributed by atoms with E-state index in [2.05, 4.69) is 89.1 Å². The smallest absolute Gasteiger partial charge is 0.225 e. The molecule has 1 unspecified atom stereocenters. The van der Waals surface area contributed by atoms with Crippen LogP contribution in [-0.4, -0.2) is 54.6 Å². The van der Waals surface area contributed by atoms with E-state index < -0.39 is 0 Å². The fraction of sp³-hybridized carbons (Fsp3) is 0.538. The SMILES string of the molecule is C=CCCCN(C)c1ccnc(NC(C)c2ccc(CN3CCNCC3)cc2)n1.CCC. The Hall–Kier alpha value is -2.44. The van der Waals surface area contributed by atoms with Crippen LogP contribution in [0.2, 0.25) is 0 Å². The van der Waals surface area contributed by atoms with Crippen molar-refractivity contribution in [2.45, 2.75) is 52.6 Å². The van der Waals surface area contributed by atoms with Crippen molar-refractivity contribution < 1.29 is 0 Å². The maximum absolute atomic E-state index is 4.68. The monoisotopic (exact) mass is 438 g/mol. The van der Waals surface area contributed by atoms with Gasteiger partial charge in [-0.05, 0) is 37.0 Å². The van der Waals surface area contributed by atoms with Gasteiger partial charge in [0.05, 0.1) is 6.04 Å². The summed E-state index contributed by atoms with van der Waals surface area (Å²) in [5, 5.41) is 6.84. The predicted molar refractivity (Wildman–Crippen MR) is 137 cm³/mol. The molecule has 0 bridgehead atoms. The molecule has 0 radical (unpaired) electrons. The third-order valence-electron chi connectivity index (χ3n) is 5.37. The highest BCUT2D eigenvalue weighted by atomic mass is 15.2. The molecule has 1 atom stereocenters. The van der Waals surface area contributed by atoms with Gasteiger partial charge in [-0.2, -0.15) is 4.98 Å². The van der Waals surface area contributed by atoms with Crippen LogP contribution in [0.4, 0.5) is 11.8 Å². The normalized spacial score (nSPS) is 14.8. The number of hydrogen-bond acceptors (Lipinski definition) is 6. The summed E-state index contributed by atoms with van der Waals surface area (Å²) in [5.41, 5.74) is 2.60. The Labute approximate surface area is 195 Å². The highest BCUT2D eigenvalue weighted by Crippen LogP contribution is 2.20. The summed E-state index contributed by atoms with van der Waals surface area (Å²) in [5.74, 6) is 1.60. The molecule has 6 nitrogen and oxygen atoms in total. The summed E-state index contributed by atoms with van der Waals surface area (Å²) in [6.45, 7) is 16.6. The molecule has 1 aliphatic heterocycles. The molecule has 0 saturated carbocycles. The molecule has 0 amide bonds. The summed E-state index contributed by atoms with van der Waals surface area (Å²) >= 11 is 0. The van der Waals surface area contributed by atoms with E-state index in [0.717, 1.165) is 57.9 Å². The molecule has 2 heterocycles. The Bertz CT molecular complexity index is 770. The minimum Gasteiger partial charge on any atom is -0.360 e. The second-order valence-corrected chi connectivity index (χ2v) is 8.43. The topological polar surface area (TPSA) is 56.3 Å². The molecule has 0 aliphatic carbocycles. The van der Waals surface area contributed by atoms with Crippen LogP contribution in [0.25, 0.3) is 0 Å². The molecule has 1 saturated heterocycles. The lowest BCUT2D eigenvalue weighted by atomic mass is 10.1. The van der Waals surface area contributed by atoms with E-state index >= 15 is 0 Å². The van der Waals surface area contributed by atoms with Crippen LogP contribution in [0.15, 0.2) is 49.2 Å². The van der Waals surface area contributed by atoms with Gasteiger partial charge in [0.25, 0.3) is 0 Å². The lowest BCUT2D eigenvalue weighted by Gasteiger charge is -2.27. The summed E-state index contributed by atoms with van der Waals surface area (Å²) in [4.78, 5) is 13.7. The first-order valence-corrected chi connectivity index (χ1v) is 12.0. The van der Waals surface area contributed by atoms with Gasteiger partial charge < -0.3 is 15.5 Å². The fourth-order valence-electron chi connectivity index (χ4n) is 3.53. The first kappa shape index (κ1) is 25.8. The molecule has 2 aromatic rings. The average molecular weight is 439 g/mol. The molecule has 1 aromatic carbocycles. The van der Waals surface area contributed by atoms with Gasteiger partial charge in [0.15, 0.2) is 0 Å². The van der Waals surface area contributed by atoms with Crippen molar-refractivity contribution >= 4 is 11.8 Å². The van der Waals surface area contributed by atoms with Crippen LogP contribution in [0.1, 0.15) is 57.2 Å². The largest absolute Gasteiger partial charge is 0.360 e. The van der Waals surface area contributed by atoms with Crippen LogP contribution in [0.3, 0.4) is 0 Å². The summed E-state index contributed by atoms with van der Waals surface area (Å²) in [7, 11) is 2.07. The number of piperazine rings is 1. The van der Waals surface area contributed by atoms with Crippen LogP contribution < -0.4 is 15.5 Å². The summed E-state index contributed by atoms with van der Waals surface area (Å²) < 4.78 is 0. The average Bonchev–Trinajstić information content (AvgIpc) is 2.81. The third-order valence-corrected chi connectivity index (χ3v) is 5.37. The first-order chi connectivity index (χ1) is 15.6. The van der Waals surface area contributed by atoms with E-state index in [4.69, 9.17) is 0 Å². The molecule has 1 aliphatic rings. The summed E-state index contributed by atoms with van der Waals surface area (Å²) in [6.07, 6.45) is 7.11. The number of nitrogens with zero attached hydrogens (tertiary/aromatic N) is 4. The third kappa shape index (κ3) is 8.97. The number of allylic oxidation sites excluding steroid dienone is 1. The number of nitrogens with one attached hydrogen (secondary N) is 2. The Morgan fingerprint density at radius 3 is 2.53 bits per heavy atom. The van der Waals surface area contributed by atoms with E-state index in [1.54, 1.807) is 0 Å². The van der Waals surface area contributed by atoms with Crippen LogP contribution in [-0.2, 0) is 6.54 Å². The van der Waals surface area contributed by atoms with Crippen molar-refractivity contribution in [2.24, 2.45) is 0 Å². The van der Waals surface area contributed by atoms with Crippen molar-refractivity contribution in [1.29, 1.82) is 0 Å². The van der Waals surface area contributed by atoms with Crippen LogP contribution in [0, 0.1) is 0 Å². The summed E-state index contributed by atoms with van der Waals surface area (Å²) in [6, 6.07) is 11.0. The van der Waals surface area contributed by atoms with Crippen molar-refractivity contribution in [3.05, 3.63) is 60.3 Å². The second-order valence-electron chi connectivity index (χ2n) is 8.43. The second kappa shape index (κ2) is 14.6. The lowest BCUT2D eigenvalue weighted by molar-refractivity contribution is 0.233. The van der Waals surface area contributed by atoms with Crippen LogP contribution >= 0.6 is 0 Å². The van der Waals surface area contributed by atoms with Crippen molar-refractivity contribution in [3.63, 3.8) is 0 Å². The molecule has 0 spiro atoms. The van der Waals surface area contributed by atoms with E-state index in [-0.39, 0.29) is 6.04 Å². The van der Waals surface area contributed by atoms with Crippen molar-refractivity contribution in [2.75, 3.05) is 50.0 Å². The highest BCUT2D eigenvalue weighted by molar-refractivity contribution is 5.43. The Morgan fingerprint density at radius 2 is 1.88 bits per heavy atom. The standard InChI is InChI=1S/C23H34N6.C3H8/c1-4-5-6-15-28(3)22-11-12-25-23(27-22)26-19(2)21-9-7-20(8-10-21)18-29-16-13-24-14-17-29;1-3-2/h4,7-12,19,24H,1,5-6,13-18H2,2-3H3,(H,25,26,27);3H2,1-2H3. The minimum absolute atomic E-state index is 0.143. The number of benzene rings is 1. The Balaban J connectivity index is 0.00000114. The number of unbranched alkanes of at least 4 members (excludes halogenated alkanes) is 1. The van der Waals surface area contributed by atoms with Gasteiger partial charge in [-0.15, -0.1) is 6.58 Å². The van der Waals surface area contributed by atoms with Crippen LogP contribution in [0.5, 0.6) is 0 Å². The Morgan fingerprint density at radius 1 is 1.19 bits per heavy atom. The Kier molecular flexibility index (Phi) is 11.8. The van der Waals surface area contributed by atoms with E-state index in [9.17, 15) is 0 Å². The maximum Gasteiger partial charge on any atom is 0.225 e. The van der Waals surface area contributed by atoms with Gasteiger partial charge in [0, 0.05) is 52.5 Å². The zero-order chi connectivity index (χ0) is 23.2. The molecule has 1 aromatic heterocycles. The molecule has 176 valence electrons. The molecule has 32 heavy (non-hydrogen) atoms. The fourth-order valence-corrected chi connectivity index (χ4v) is 3.53. The minimum atomic E-state index is 0.143. The number of hydrogen-bond donors (Lipinski definition) is 2. The van der Waals surface area contributed by atoms with Gasteiger partial charge >= 0.3 is 0 Å². The number of rotatable bonds is 10. The molecule has 6 heteroatoms. The van der Waals surface area contributed by atoms with Crippen molar-refractivity contribution in [1.82, 2.24) is 20.2 Å². The quantitative estimate of drug-likeness (QED) is 0.408. The van der Waals surface area contributed by atoms with Gasteiger partial charge in [-0.3, -0.25) is 4.90 Å². The maximum atomic E-state index is 4.68. The van der Waals surface area contributed by atoms with Gasteiger partial charge in [0.1, 0.15) is 5.82 Å². The van der Waals surface area contributed by atoms with E-state index in [1.165, 1.54) is 17.5 Å². The first-order valence-electron chi connectivity index (χ1n) is 12.0. The lowest BCUT2D eigenvalue weighted by Crippen LogP contribution is -2.42. The molecule has 1 fully saturated rings. The van der Waals surface area contributed by atoms with E-state index in [0.29, 0.717) is 5.95 Å². The predicted octanol–water partition coefficient (Wildman–Crippen LogP) is 4.87. The van der Waals surface area contributed by atoms with E-state index in [1.807, 2.05) is 18.3 Å². The molecule has 3 rings (SSSR count). The van der Waals surface area contributed by atoms with Gasteiger partial charge in [-0.1, -0.05) is 50.6 Å². The van der Waals surface area contributed by atoms with Gasteiger partial charge in [0.2, 0.25) is 5.95 Å². The van der Waals surface area contributed by atoms with Crippen molar-refractivity contribution in [3.8, 4) is 0 Å². The molecular formula is C26H42N6. The number of aromatic nitrogens is 2. The zero-order valence-corrected chi connectivity index (χ0v) is 20.5. The molecule has 2 N–H and O–H groups in total. The highest BCUT2D eigenvalue weighted by Gasteiger charge is 2.12. The number of anilines is 2. The molecular weight excluding hydrogens is 396 g/mol. The zero-order valence-electron chi connectivity index (χ0n) is 20.5. The van der Waals surface area contributed by atoms with Gasteiger partial charge in [-0.25, -0.2) is 4.98 Å².